The van der Waals surface area contributed by atoms with E-state index in [2.05, 4.69) is 0 Å². The summed E-state index contributed by atoms with van der Waals surface area (Å²) in [6, 6.07) is 10.8. The van der Waals surface area contributed by atoms with Crippen LogP contribution in [-0.2, 0) is 5.41 Å². The van der Waals surface area contributed by atoms with Crippen LogP contribution in [0.5, 0.6) is 11.5 Å². The monoisotopic (exact) mass is 330 g/mol. The number of benzene rings is 2. The Hall–Kier alpha value is -1.94. The van der Waals surface area contributed by atoms with Gasteiger partial charge in [-0.3, -0.25) is 0 Å². The molecule has 0 aliphatic heterocycles. The first-order valence-electron chi connectivity index (χ1n) is 7.44. The van der Waals surface area contributed by atoms with Crippen LogP contribution in [-0.4, -0.2) is 17.3 Å². The second-order valence-electron chi connectivity index (χ2n) is 6.43. The molecule has 2 aromatic carbocycles. The predicted octanol–water partition coefficient (Wildman–Crippen LogP) is 4.94. The molecular weight excluding hydrogens is 308 g/mol. The molecule has 2 aromatic rings. The second-order valence-corrected chi connectivity index (χ2v) is 7.28. The maximum atomic E-state index is 12.6. The van der Waals surface area contributed by atoms with Gasteiger partial charge in [0.25, 0.3) is 0 Å². The number of rotatable bonds is 3. The summed E-state index contributed by atoms with van der Waals surface area (Å²) in [5.41, 5.74) is 1.45. The van der Waals surface area contributed by atoms with Crippen LogP contribution >= 0.6 is 11.8 Å². The zero-order valence-corrected chi connectivity index (χ0v) is 15.0. The Bertz CT molecular complexity index is 716. The highest BCUT2D eigenvalue weighted by molar-refractivity contribution is 7.98. The normalized spacial score (nSPS) is 11.3. The molecule has 0 bridgehead atoms. The second kappa shape index (κ2) is 6.67. The third-order valence-electron chi connectivity index (χ3n) is 3.70. The van der Waals surface area contributed by atoms with E-state index < -0.39 is 5.97 Å². The van der Waals surface area contributed by atoms with Crippen LogP contribution in [0.3, 0.4) is 0 Å². The number of thioether (sulfide) groups is 1. The largest absolute Gasteiger partial charge is 0.507 e. The van der Waals surface area contributed by atoms with Gasteiger partial charge in [0.05, 0.1) is 0 Å². The molecule has 4 heteroatoms. The maximum absolute atomic E-state index is 12.6. The van der Waals surface area contributed by atoms with Crippen molar-refractivity contribution in [2.45, 2.75) is 38.0 Å². The van der Waals surface area contributed by atoms with E-state index in [1.165, 1.54) is 0 Å². The van der Waals surface area contributed by atoms with Crippen LogP contribution < -0.4 is 4.74 Å². The fourth-order valence-electron chi connectivity index (χ4n) is 2.42. The van der Waals surface area contributed by atoms with E-state index in [4.69, 9.17) is 4.74 Å². The highest BCUT2D eigenvalue weighted by Gasteiger charge is 2.27. The van der Waals surface area contributed by atoms with Gasteiger partial charge in [-0.2, -0.15) is 0 Å². The Balaban J connectivity index is 2.54. The minimum Gasteiger partial charge on any atom is -0.507 e. The molecule has 0 fully saturated rings. The fraction of sp³-hybridized carbons (Fsp3) is 0.316. The summed E-state index contributed by atoms with van der Waals surface area (Å²) < 4.78 is 5.42. The van der Waals surface area contributed by atoms with Crippen LogP contribution in [0.25, 0.3) is 0 Å². The Labute approximate surface area is 141 Å². The standard InChI is InChI=1S/C19H22O3S/c1-12-15(23-5)11-14(19(2,3)4)17(20)16(12)18(21)22-13-9-7-6-8-10-13/h6-11,20H,1-5H3. The topological polar surface area (TPSA) is 46.5 Å². The van der Waals surface area contributed by atoms with Gasteiger partial charge in [0.15, 0.2) is 0 Å². The van der Waals surface area contributed by atoms with E-state index in [1.807, 2.05) is 46.1 Å². The molecule has 0 radical (unpaired) electrons. The summed E-state index contributed by atoms with van der Waals surface area (Å²) in [6.07, 6.45) is 1.96. The quantitative estimate of drug-likeness (QED) is 0.492. The van der Waals surface area contributed by atoms with Gasteiger partial charge in [0.1, 0.15) is 17.1 Å². The third-order valence-corrected chi connectivity index (χ3v) is 4.56. The van der Waals surface area contributed by atoms with Gasteiger partial charge in [-0.05, 0) is 42.4 Å². The third kappa shape index (κ3) is 3.70. The number of phenolic OH excluding ortho intramolecular Hbond substituents is 1. The van der Waals surface area contributed by atoms with Crippen molar-refractivity contribution in [1.29, 1.82) is 0 Å². The van der Waals surface area contributed by atoms with Gasteiger partial charge >= 0.3 is 5.97 Å². The molecule has 0 amide bonds. The number of phenols is 1. The lowest BCUT2D eigenvalue weighted by atomic mass is 9.84. The summed E-state index contributed by atoms with van der Waals surface area (Å²) in [4.78, 5) is 13.6. The average molecular weight is 330 g/mol. The molecular formula is C19H22O3S. The number of carbonyl (C=O) groups is 1. The fourth-order valence-corrected chi connectivity index (χ4v) is 3.07. The lowest BCUT2D eigenvalue weighted by Gasteiger charge is -2.24. The number of ether oxygens (including phenoxy) is 1. The molecule has 3 nitrogen and oxygen atoms in total. The van der Waals surface area contributed by atoms with Gasteiger partial charge in [-0.15, -0.1) is 11.8 Å². The minimum absolute atomic E-state index is 0.00808. The summed E-state index contributed by atoms with van der Waals surface area (Å²) in [5.74, 6) is -0.0653. The lowest BCUT2D eigenvalue weighted by Crippen LogP contribution is -2.17. The van der Waals surface area contributed by atoms with Crippen molar-refractivity contribution >= 4 is 17.7 Å². The minimum atomic E-state index is -0.535. The molecule has 0 atom stereocenters. The molecule has 2 rings (SSSR count). The first-order valence-corrected chi connectivity index (χ1v) is 8.66. The summed E-state index contributed by atoms with van der Waals surface area (Å²) in [6.45, 7) is 7.86. The molecule has 122 valence electrons. The summed E-state index contributed by atoms with van der Waals surface area (Å²) in [7, 11) is 0. The van der Waals surface area contributed by atoms with E-state index in [1.54, 1.807) is 36.0 Å². The van der Waals surface area contributed by atoms with Crippen LogP contribution in [0.2, 0.25) is 0 Å². The van der Waals surface area contributed by atoms with Crippen molar-refractivity contribution in [3.8, 4) is 11.5 Å². The van der Waals surface area contributed by atoms with Crippen LogP contribution in [0.15, 0.2) is 41.3 Å². The summed E-state index contributed by atoms with van der Waals surface area (Å²) >= 11 is 1.55. The van der Waals surface area contributed by atoms with Crippen molar-refractivity contribution in [2.75, 3.05) is 6.26 Å². The van der Waals surface area contributed by atoms with Gasteiger partial charge in [0.2, 0.25) is 0 Å². The molecule has 0 saturated carbocycles. The Morgan fingerprint density at radius 2 is 1.78 bits per heavy atom. The molecule has 0 aliphatic carbocycles. The average Bonchev–Trinajstić information content (AvgIpc) is 2.47. The van der Waals surface area contributed by atoms with Crippen molar-refractivity contribution in [3.05, 3.63) is 53.1 Å². The maximum Gasteiger partial charge on any atom is 0.347 e. The van der Waals surface area contributed by atoms with Gasteiger partial charge in [0, 0.05) is 10.5 Å². The Morgan fingerprint density at radius 1 is 1.17 bits per heavy atom. The van der Waals surface area contributed by atoms with Gasteiger partial charge < -0.3 is 9.84 Å². The molecule has 0 unspecified atom stereocenters. The van der Waals surface area contributed by atoms with E-state index >= 15 is 0 Å². The number of aromatic hydroxyl groups is 1. The number of hydrogen-bond donors (Lipinski definition) is 1. The number of carbonyl (C=O) groups excluding carboxylic acids is 1. The molecule has 0 aliphatic rings. The number of para-hydroxylation sites is 1. The first-order chi connectivity index (χ1) is 10.8. The van der Waals surface area contributed by atoms with Gasteiger partial charge in [-0.25, -0.2) is 4.79 Å². The predicted molar refractivity (Wildman–Crippen MR) is 94.7 cm³/mol. The zero-order valence-electron chi connectivity index (χ0n) is 14.1. The molecule has 0 spiro atoms. The van der Waals surface area contributed by atoms with Crippen molar-refractivity contribution in [3.63, 3.8) is 0 Å². The number of hydrogen-bond acceptors (Lipinski definition) is 4. The summed E-state index contributed by atoms with van der Waals surface area (Å²) in [5, 5.41) is 10.7. The molecule has 0 aromatic heterocycles. The lowest BCUT2D eigenvalue weighted by molar-refractivity contribution is 0.0730. The molecule has 23 heavy (non-hydrogen) atoms. The van der Waals surface area contributed by atoms with Gasteiger partial charge in [-0.1, -0.05) is 39.0 Å². The van der Waals surface area contributed by atoms with E-state index in [-0.39, 0.29) is 16.7 Å². The van der Waals surface area contributed by atoms with E-state index in [0.29, 0.717) is 5.75 Å². The van der Waals surface area contributed by atoms with Crippen molar-refractivity contribution in [2.24, 2.45) is 0 Å². The van der Waals surface area contributed by atoms with Crippen LogP contribution in [0.1, 0.15) is 42.3 Å². The number of esters is 1. The van der Waals surface area contributed by atoms with Crippen molar-refractivity contribution in [1.82, 2.24) is 0 Å². The highest BCUT2D eigenvalue weighted by Crippen LogP contribution is 2.39. The van der Waals surface area contributed by atoms with Crippen LogP contribution in [0, 0.1) is 6.92 Å². The highest BCUT2D eigenvalue weighted by atomic mass is 32.2. The Kier molecular flexibility index (Phi) is 5.05. The Morgan fingerprint density at radius 3 is 2.30 bits per heavy atom. The van der Waals surface area contributed by atoms with Crippen LogP contribution in [0.4, 0.5) is 0 Å². The smallest absolute Gasteiger partial charge is 0.347 e. The first kappa shape index (κ1) is 17.4. The molecule has 1 N–H and O–H groups in total. The van der Waals surface area contributed by atoms with Crippen molar-refractivity contribution < 1.29 is 14.6 Å². The van der Waals surface area contributed by atoms with E-state index in [9.17, 15) is 9.90 Å². The molecule has 0 saturated heterocycles. The van der Waals surface area contributed by atoms with E-state index in [0.717, 1.165) is 16.0 Å². The SMILES string of the molecule is CSc1cc(C(C)(C)C)c(O)c(C(=O)Oc2ccccc2)c1C. The molecule has 0 heterocycles. The zero-order chi connectivity index (χ0) is 17.2.